The summed E-state index contributed by atoms with van der Waals surface area (Å²) in [6.07, 6.45) is 7.80. The van der Waals surface area contributed by atoms with Crippen LogP contribution >= 0.6 is 47.0 Å². The number of nitrogens with one attached hydrogen (secondary N) is 10. The summed E-state index contributed by atoms with van der Waals surface area (Å²) in [7, 11) is 1.63. The van der Waals surface area contributed by atoms with E-state index in [0.717, 1.165) is 52.6 Å². The SMILES string of the molecule is CCNc1nc(NC(C)(C)C)nc(SC)n1.CCNc1nc(NC(C)C)nc(SC)n1.CCNc1nc(NCC)nc(SC)n1.CN=C1NC(=NC(C)C)CN(N=[N+]=[N-])N1.CSc1nc(NC(C)C)nc(NC(C)C)n1. The lowest BCUT2D eigenvalue weighted by molar-refractivity contribution is 0.265. The molecule has 0 unspecified atom stereocenters. The molecule has 76 heavy (non-hydrogen) atoms. The third-order valence-electron chi connectivity index (χ3n) is 7.85. The summed E-state index contributed by atoms with van der Waals surface area (Å²) in [6, 6.07) is 1.11. The van der Waals surface area contributed by atoms with Gasteiger partial charge in [0.15, 0.2) is 27.2 Å². The highest BCUT2D eigenvalue weighted by molar-refractivity contribution is 7.99. The summed E-state index contributed by atoms with van der Waals surface area (Å²) in [5, 5.41) is 35.7. The predicted octanol–water partition coefficient (Wildman–Crippen LogP) is 8.19. The molecule has 0 aliphatic carbocycles. The van der Waals surface area contributed by atoms with Crippen LogP contribution in [0.5, 0.6) is 0 Å². The summed E-state index contributed by atoms with van der Waals surface area (Å²) in [5.41, 5.74) is 11.0. The third-order valence-corrected chi connectivity index (χ3v) is 10.0. The molecular formula is C44H84N28S4. The Morgan fingerprint density at radius 2 is 0.855 bits per heavy atom. The van der Waals surface area contributed by atoms with E-state index in [9.17, 15) is 0 Å². The van der Waals surface area contributed by atoms with Gasteiger partial charge in [0.1, 0.15) is 5.84 Å². The van der Waals surface area contributed by atoms with E-state index in [-0.39, 0.29) is 11.6 Å². The molecule has 0 atom stereocenters. The number of aromatic nitrogens is 12. The van der Waals surface area contributed by atoms with E-state index in [0.29, 0.717) is 78.2 Å². The highest BCUT2D eigenvalue weighted by Gasteiger charge is 2.21. The Hall–Kier alpha value is -6.11. The van der Waals surface area contributed by atoms with Gasteiger partial charge in [-0.15, -0.1) is 10.6 Å². The van der Waals surface area contributed by atoms with Crippen LogP contribution < -0.4 is 53.3 Å². The minimum atomic E-state index is -0.0550. The minimum absolute atomic E-state index is 0.0550. The number of hydrazine groups is 1. The normalized spacial score (nSPS) is 12.8. The molecule has 4 aromatic heterocycles. The van der Waals surface area contributed by atoms with Crippen LogP contribution in [0.3, 0.4) is 0 Å². The largest absolute Gasteiger partial charge is 0.354 e. The van der Waals surface area contributed by atoms with Gasteiger partial charge in [-0.05, 0) is 129 Å². The lowest BCUT2D eigenvalue weighted by Crippen LogP contribution is -2.57. The van der Waals surface area contributed by atoms with E-state index < -0.39 is 0 Å². The first-order valence-corrected chi connectivity index (χ1v) is 29.6. The fraction of sp³-hybridized carbons (Fsp3) is 0.682. The Balaban J connectivity index is 0.000000475. The maximum absolute atomic E-state index is 8.32. The van der Waals surface area contributed by atoms with Gasteiger partial charge in [0.25, 0.3) is 0 Å². The Morgan fingerprint density at radius 1 is 0.539 bits per heavy atom. The summed E-state index contributed by atoms with van der Waals surface area (Å²) < 4.78 is 0. The average Bonchev–Trinajstić information content (AvgIpc) is 3.33. The first-order chi connectivity index (χ1) is 36.0. The Kier molecular flexibility index (Phi) is 33.6. The van der Waals surface area contributed by atoms with Crippen molar-refractivity contribution in [1.29, 1.82) is 0 Å². The van der Waals surface area contributed by atoms with Crippen molar-refractivity contribution in [1.82, 2.24) is 75.7 Å². The molecule has 1 fully saturated rings. The molecule has 0 bridgehead atoms. The van der Waals surface area contributed by atoms with Crippen molar-refractivity contribution >= 4 is 106 Å². The molecule has 4 aromatic rings. The number of anilines is 8. The summed E-state index contributed by atoms with van der Waals surface area (Å²) in [4.78, 5) is 62.1. The minimum Gasteiger partial charge on any atom is -0.354 e. The fourth-order valence-electron chi connectivity index (χ4n) is 5.20. The zero-order chi connectivity index (χ0) is 57.2. The lowest BCUT2D eigenvalue weighted by atomic mass is 10.1. The van der Waals surface area contributed by atoms with E-state index in [4.69, 9.17) is 5.53 Å². The van der Waals surface area contributed by atoms with E-state index in [1.165, 1.54) is 52.2 Å². The van der Waals surface area contributed by atoms with Gasteiger partial charge < -0.3 is 47.9 Å². The number of hydrogen-bond donors (Lipinski definition) is 10. The Bertz CT molecular complexity index is 2320. The standard InChI is InChI=1S/2C10H19N5S.C9H17N5S.C8H15N5S.C7H14N8/c1-6-11-7-12-8(15-10(2,3)4)14-9(13-7)16-5;1-6(2)11-8-13-9(12-7(3)4)15-10(14-8)16-5;1-5-10-7-12-8(11-6(2)3)14-9(13-7)15-4;1-4-9-6-11-7(10-5-2)13-8(12-6)14-3;1-5(2)10-6-4-15(14-13-8)12-7(9-3)11-6/h6H2,1-5H3,(H2,11,12,13,14,15);6-7H,1-5H3,(H2,11,12,13,14,15);6H,5H2,1-4H3,(H2,10,11,12,13,14);4-5H2,1-3H3,(H2,9,10,11,12,13);5H,4H2,1-3H3,(H2,9,10,11,12). The monoisotopic (exact) mass is 1130 g/mol. The molecule has 1 aliphatic heterocycles. The first kappa shape index (κ1) is 67.9. The zero-order valence-corrected chi connectivity index (χ0v) is 51.3. The van der Waals surface area contributed by atoms with Crippen LogP contribution in [0.1, 0.15) is 104 Å². The van der Waals surface area contributed by atoms with Gasteiger partial charge in [0, 0.05) is 68.2 Å². The van der Waals surface area contributed by atoms with Crippen molar-refractivity contribution < 1.29 is 0 Å². The van der Waals surface area contributed by atoms with E-state index in [1.807, 2.05) is 66.6 Å². The van der Waals surface area contributed by atoms with E-state index >= 15 is 0 Å². The van der Waals surface area contributed by atoms with Crippen molar-refractivity contribution in [3.63, 3.8) is 0 Å². The summed E-state index contributed by atoms with van der Waals surface area (Å²) in [5.74, 6) is 6.21. The van der Waals surface area contributed by atoms with Gasteiger partial charge in [-0.2, -0.15) is 70.1 Å². The molecule has 28 nitrogen and oxygen atoms in total. The van der Waals surface area contributed by atoms with Crippen LogP contribution in [-0.4, -0.2) is 171 Å². The smallest absolute Gasteiger partial charge is 0.233 e. The Labute approximate surface area is 467 Å². The molecule has 0 spiro atoms. The molecule has 0 amide bonds. The van der Waals surface area contributed by atoms with Crippen LogP contribution in [0, 0.1) is 0 Å². The average molecular weight is 1130 g/mol. The molecule has 0 radical (unpaired) electrons. The quantitative estimate of drug-likeness (QED) is 0.0163. The van der Waals surface area contributed by atoms with Gasteiger partial charge in [0.2, 0.25) is 53.5 Å². The number of rotatable bonds is 21. The van der Waals surface area contributed by atoms with Crippen LogP contribution in [-0.2, 0) is 0 Å². The number of nitrogens with zero attached hydrogens (tertiary/aromatic N) is 18. The highest BCUT2D eigenvalue weighted by atomic mass is 32.2. The maximum atomic E-state index is 8.32. The van der Waals surface area contributed by atoms with Crippen molar-refractivity contribution in [2.24, 2.45) is 15.2 Å². The number of azide groups is 1. The van der Waals surface area contributed by atoms with E-state index in [2.05, 4.69) is 196 Å². The van der Waals surface area contributed by atoms with E-state index in [1.54, 1.807) is 7.05 Å². The van der Waals surface area contributed by atoms with Crippen molar-refractivity contribution in [3.8, 4) is 0 Å². The molecule has 424 valence electrons. The maximum Gasteiger partial charge on any atom is 0.233 e. The van der Waals surface area contributed by atoms with Gasteiger partial charge in [0.05, 0.1) is 0 Å². The first-order valence-electron chi connectivity index (χ1n) is 24.7. The summed E-state index contributed by atoms with van der Waals surface area (Å²) in [6.45, 7) is 34.1. The molecule has 0 saturated carbocycles. The third kappa shape index (κ3) is 30.4. The van der Waals surface area contributed by atoms with Crippen LogP contribution in [0.15, 0.2) is 35.8 Å². The topological polar surface area (TPSA) is 352 Å². The number of aliphatic imine (C=N–C) groups is 2. The number of amidine groups is 1. The second kappa shape index (κ2) is 37.6. The number of thioether (sulfide) groups is 4. The molecular weight excluding hydrogens is 1050 g/mol. The van der Waals surface area contributed by atoms with Gasteiger partial charge in [-0.1, -0.05) is 47.0 Å². The molecule has 10 N–H and O–H groups in total. The van der Waals surface area contributed by atoms with Gasteiger partial charge in [-0.3, -0.25) is 9.98 Å². The number of hydrogen-bond acceptors (Lipinski definition) is 27. The number of guanidine groups is 1. The highest BCUT2D eigenvalue weighted by Crippen LogP contribution is 2.18. The molecule has 32 heteroatoms. The predicted molar refractivity (Wildman–Crippen MR) is 321 cm³/mol. The Morgan fingerprint density at radius 3 is 1.14 bits per heavy atom. The van der Waals surface area contributed by atoms with Crippen molar-refractivity contribution in [2.45, 2.75) is 154 Å². The van der Waals surface area contributed by atoms with Crippen molar-refractivity contribution in [2.75, 3.05) is 107 Å². The molecule has 1 saturated heterocycles. The van der Waals surface area contributed by atoms with Gasteiger partial charge >= 0.3 is 0 Å². The van der Waals surface area contributed by atoms with Crippen LogP contribution in [0.25, 0.3) is 10.4 Å². The fourth-order valence-corrected chi connectivity index (χ4v) is 6.62. The molecule has 1 aliphatic rings. The molecule has 0 aromatic carbocycles. The summed E-state index contributed by atoms with van der Waals surface area (Å²) >= 11 is 6.03. The second-order valence-corrected chi connectivity index (χ2v) is 20.6. The van der Waals surface area contributed by atoms with Crippen LogP contribution in [0.2, 0.25) is 0 Å². The lowest BCUT2D eigenvalue weighted by Gasteiger charge is -2.24. The zero-order valence-electron chi connectivity index (χ0n) is 48.0. The van der Waals surface area contributed by atoms with Crippen molar-refractivity contribution in [3.05, 3.63) is 10.4 Å². The molecule has 5 heterocycles. The second-order valence-electron chi connectivity index (χ2n) is 17.5. The van der Waals surface area contributed by atoms with Crippen LogP contribution in [0.4, 0.5) is 47.6 Å². The van der Waals surface area contributed by atoms with Gasteiger partial charge in [-0.25, -0.2) is 0 Å². The molecule has 5 rings (SSSR count).